The summed E-state index contributed by atoms with van der Waals surface area (Å²) in [5.74, 6) is -0.854. The molecule has 2 amide bonds. The minimum Gasteiger partial charge on any atom is -0.324 e. The Kier molecular flexibility index (Phi) is 3.56. The SMILES string of the molecule is CN1C(=O)Cc2ccc(C(N)CC(F)(F)F)cc2C1=O. The van der Waals surface area contributed by atoms with Gasteiger partial charge >= 0.3 is 6.18 Å². The van der Waals surface area contributed by atoms with Crippen molar-refractivity contribution in [3.8, 4) is 0 Å². The first-order chi connectivity index (χ1) is 9.19. The number of nitrogens with zero attached hydrogens (tertiary/aromatic N) is 1. The van der Waals surface area contributed by atoms with Crippen LogP contribution < -0.4 is 5.73 Å². The molecule has 1 aromatic carbocycles. The zero-order valence-corrected chi connectivity index (χ0v) is 10.7. The van der Waals surface area contributed by atoms with Crippen molar-refractivity contribution < 1.29 is 22.8 Å². The molecule has 1 aliphatic rings. The Balaban J connectivity index is 2.33. The predicted molar refractivity (Wildman–Crippen MR) is 64.8 cm³/mol. The van der Waals surface area contributed by atoms with Gasteiger partial charge in [-0.2, -0.15) is 13.2 Å². The van der Waals surface area contributed by atoms with Gasteiger partial charge in [0, 0.05) is 18.7 Å². The fraction of sp³-hybridized carbons (Fsp3) is 0.385. The highest BCUT2D eigenvalue weighted by Gasteiger charge is 2.32. The van der Waals surface area contributed by atoms with Crippen molar-refractivity contribution in [3.05, 3.63) is 34.9 Å². The summed E-state index contributed by atoms with van der Waals surface area (Å²) in [6.45, 7) is 0. The topological polar surface area (TPSA) is 63.4 Å². The molecule has 4 nitrogen and oxygen atoms in total. The summed E-state index contributed by atoms with van der Waals surface area (Å²) in [5.41, 5.74) is 6.50. The zero-order valence-electron chi connectivity index (χ0n) is 10.7. The van der Waals surface area contributed by atoms with Gasteiger partial charge < -0.3 is 5.73 Å². The predicted octanol–water partition coefficient (Wildman–Crippen LogP) is 1.79. The molecule has 1 aliphatic heterocycles. The van der Waals surface area contributed by atoms with E-state index >= 15 is 0 Å². The van der Waals surface area contributed by atoms with Crippen LogP contribution in [0.4, 0.5) is 13.2 Å². The van der Waals surface area contributed by atoms with Crippen LogP contribution in [-0.4, -0.2) is 29.9 Å². The van der Waals surface area contributed by atoms with Crippen molar-refractivity contribution >= 4 is 11.8 Å². The van der Waals surface area contributed by atoms with Gasteiger partial charge in [0.05, 0.1) is 12.8 Å². The van der Waals surface area contributed by atoms with E-state index in [0.717, 1.165) is 4.90 Å². The number of benzene rings is 1. The van der Waals surface area contributed by atoms with Crippen molar-refractivity contribution in [2.45, 2.75) is 25.1 Å². The third-order valence-electron chi connectivity index (χ3n) is 3.26. The third-order valence-corrected chi connectivity index (χ3v) is 3.26. The average molecular weight is 286 g/mol. The van der Waals surface area contributed by atoms with Crippen LogP contribution in [0.25, 0.3) is 0 Å². The Labute approximate surface area is 113 Å². The van der Waals surface area contributed by atoms with Gasteiger partial charge in [-0.15, -0.1) is 0 Å². The van der Waals surface area contributed by atoms with Gasteiger partial charge in [0.1, 0.15) is 0 Å². The van der Waals surface area contributed by atoms with Crippen molar-refractivity contribution in [2.24, 2.45) is 5.73 Å². The molecule has 1 heterocycles. The summed E-state index contributed by atoms with van der Waals surface area (Å²) >= 11 is 0. The van der Waals surface area contributed by atoms with Gasteiger partial charge in [-0.25, -0.2) is 0 Å². The molecule has 1 atom stereocenters. The Morgan fingerprint density at radius 1 is 1.35 bits per heavy atom. The van der Waals surface area contributed by atoms with Crippen LogP contribution in [0.1, 0.15) is 33.9 Å². The molecule has 1 unspecified atom stereocenters. The Morgan fingerprint density at radius 2 is 2.00 bits per heavy atom. The van der Waals surface area contributed by atoms with E-state index in [9.17, 15) is 22.8 Å². The van der Waals surface area contributed by atoms with E-state index in [0.29, 0.717) is 5.56 Å². The summed E-state index contributed by atoms with van der Waals surface area (Å²) in [6.07, 6.45) is -5.47. The van der Waals surface area contributed by atoms with Gasteiger partial charge in [0.25, 0.3) is 5.91 Å². The second-order valence-electron chi connectivity index (χ2n) is 4.78. The molecule has 2 rings (SSSR count). The summed E-state index contributed by atoms with van der Waals surface area (Å²) in [5, 5.41) is 0. The summed E-state index contributed by atoms with van der Waals surface area (Å²) in [6, 6.07) is 3.04. The van der Waals surface area contributed by atoms with Crippen LogP contribution in [0.3, 0.4) is 0 Å². The molecule has 108 valence electrons. The average Bonchev–Trinajstić information content (AvgIpc) is 2.34. The largest absolute Gasteiger partial charge is 0.390 e. The standard InChI is InChI=1S/C13H13F3N2O2/c1-18-11(19)5-7-2-3-8(4-9(7)12(18)20)10(17)6-13(14,15)16/h2-4,10H,5-6,17H2,1H3. The fourth-order valence-electron chi connectivity index (χ4n) is 2.12. The van der Waals surface area contributed by atoms with Gasteiger partial charge in [0.15, 0.2) is 0 Å². The normalized spacial score (nSPS) is 17.1. The summed E-state index contributed by atoms with van der Waals surface area (Å²) < 4.78 is 37.0. The van der Waals surface area contributed by atoms with Crippen LogP contribution in [0.5, 0.6) is 0 Å². The maximum absolute atomic E-state index is 12.3. The zero-order chi connectivity index (χ0) is 15.1. The molecule has 0 aliphatic carbocycles. The van der Waals surface area contributed by atoms with E-state index in [4.69, 9.17) is 5.73 Å². The molecule has 7 heteroatoms. The van der Waals surface area contributed by atoms with E-state index in [1.165, 1.54) is 25.2 Å². The molecule has 2 N–H and O–H groups in total. The molecule has 0 saturated carbocycles. The number of hydrogen-bond acceptors (Lipinski definition) is 3. The van der Waals surface area contributed by atoms with E-state index in [2.05, 4.69) is 0 Å². The van der Waals surface area contributed by atoms with Crippen molar-refractivity contribution in [3.63, 3.8) is 0 Å². The number of hydrogen-bond donors (Lipinski definition) is 1. The molecule has 0 bridgehead atoms. The first-order valence-electron chi connectivity index (χ1n) is 5.95. The van der Waals surface area contributed by atoms with Gasteiger partial charge in [-0.1, -0.05) is 12.1 Å². The lowest BCUT2D eigenvalue weighted by molar-refractivity contribution is -0.138. The van der Waals surface area contributed by atoms with Gasteiger partial charge in [-0.05, 0) is 17.2 Å². The number of carbonyl (C=O) groups is 2. The van der Waals surface area contributed by atoms with Gasteiger partial charge in [-0.3, -0.25) is 14.5 Å². The fourth-order valence-corrected chi connectivity index (χ4v) is 2.12. The minimum absolute atomic E-state index is 0.0619. The first kappa shape index (κ1) is 14.5. The quantitative estimate of drug-likeness (QED) is 0.843. The number of rotatable bonds is 2. The number of halogens is 3. The molecular formula is C13H13F3N2O2. The lowest BCUT2D eigenvalue weighted by Gasteiger charge is -2.24. The Morgan fingerprint density at radius 3 is 2.60 bits per heavy atom. The molecule has 20 heavy (non-hydrogen) atoms. The second kappa shape index (κ2) is 4.90. The van der Waals surface area contributed by atoms with Crippen molar-refractivity contribution in [1.29, 1.82) is 0 Å². The highest BCUT2D eigenvalue weighted by atomic mass is 19.4. The highest BCUT2D eigenvalue weighted by molar-refractivity contribution is 6.09. The monoisotopic (exact) mass is 286 g/mol. The molecule has 0 aromatic heterocycles. The number of fused-ring (bicyclic) bond motifs is 1. The number of nitrogens with two attached hydrogens (primary N) is 1. The van der Waals surface area contributed by atoms with Crippen molar-refractivity contribution in [1.82, 2.24) is 4.90 Å². The number of imide groups is 1. The van der Waals surface area contributed by atoms with Crippen LogP contribution >= 0.6 is 0 Å². The third kappa shape index (κ3) is 2.82. The van der Waals surface area contributed by atoms with E-state index < -0.39 is 24.5 Å². The number of likely N-dealkylation sites (N-methyl/N-ethyl adjacent to an activating group) is 1. The number of carbonyl (C=O) groups excluding carboxylic acids is 2. The van der Waals surface area contributed by atoms with Crippen LogP contribution in [0, 0.1) is 0 Å². The van der Waals surface area contributed by atoms with Crippen molar-refractivity contribution in [2.75, 3.05) is 7.05 Å². The van der Waals surface area contributed by atoms with Crippen LogP contribution in [0.2, 0.25) is 0 Å². The smallest absolute Gasteiger partial charge is 0.324 e. The Bertz CT molecular complexity index is 569. The minimum atomic E-state index is -4.37. The van der Waals surface area contributed by atoms with E-state index in [-0.39, 0.29) is 23.5 Å². The molecule has 0 radical (unpaired) electrons. The summed E-state index contributed by atoms with van der Waals surface area (Å²) in [7, 11) is 1.34. The number of alkyl halides is 3. The molecule has 0 saturated heterocycles. The van der Waals surface area contributed by atoms with Crippen LogP contribution in [-0.2, 0) is 11.2 Å². The maximum Gasteiger partial charge on any atom is 0.390 e. The first-order valence-corrected chi connectivity index (χ1v) is 5.95. The summed E-state index contributed by atoms with van der Waals surface area (Å²) in [4.78, 5) is 24.4. The lowest BCUT2D eigenvalue weighted by atomic mass is 9.93. The lowest BCUT2D eigenvalue weighted by Crippen LogP contribution is -2.39. The maximum atomic E-state index is 12.3. The number of amides is 2. The van der Waals surface area contributed by atoms with E-state index in [1.807, 2.05) is 0 Å². The molecule has 0 spiro atoms. The van der Waals surface area contributed by atoms with Gasteiger partial charge in [0.2, 0.25) is 5.91 Å². The second-order valence-corrected chi connectivity index (χ2v) is 4.78. The Hall–Kier alpha value is -1.89. The highest BCUT2D eigenvalue weighted by Crippen LogP contribution is 2.30. The molecular weight excluding hydrogens is 273 g/mol. The molecule has 1 aromatic rings. The van der Waals surface area contributed by atoms with E-state index in [1.54, 1.807) is 0 Å². The van der Waals surface area contributed by atoms with Crippen LogP contribution in [0.15, 0.2) is 18.2 Å². The molecule has 0 fully saturated rings.